The predicted molar refractivity (Wildman–Crippen MR) is 74.6 cm³/mol. The number of carbonyl (C=O) groups excluding carboxylic acids is 1. The second kappa shape index (κ2) is 4.80. The van der Waals surface area contributed by atoms with Gasteiger partial charge in [-0.2, -0.15) is 0 Å². The van der Waals surface area contributed by atoms with Crippen LogP contribution >= 0.6 is 11.6 Å². The Morgan fingerprint density at radius 1 is 1.11 bits per heavy atom. The van der Waals surface area contributed by atoms with E-state index < -0.39 is 0 Å². The van der Waals surface area contributed by atoms with E-state index in [4.69, 9.17) is 16.3 Å². The van der Waals surface area contributed by atoms with Gasteiger partial charge in [-0.1, -0.05) is 29.8 Å². The minimum atomic E-state index is 0.00898. The van der Waals surface area contributed by atoms with E-state index in [1.807, 2.05) is 31.2 Å². The van der Waals surface area contributed by atoms with E-state index in [1.54, 1.807) is 12.1 Å². The molecule has 0 fully saturated rings. The molecule has 0 aliphatic carbocycles. The van der Waals surface area contributed by atoms with Gasteiger partial charge in [0.1, 0.15) is 0 Å². The molecular weight excluding hydrogens is 260 g/mol. The number of aryl methyl sites for hydroxylation is 1. The number of rotatable bonds is 2. The fourth-order valence-electron chi connectivity index (χ4n) is 2.31. The molecule has 19 heavy (non-hydrogen) atoms. The molecule has 0 spiro atoms. The van der Waals surface area contributed by atoms with Gasteiger partial charge in [-0.05, 0) is 41.8 Å². The van der Waals surface area contributed by atoms with Crippen molar-refractivity contribution >= 4 is 17.4 Å². The molecule has 0 unspecified atom stereocenters. The van der Waals surface area contributed by atoms with Crippen LogP contribution in [0.2, 0.25) is 5.02 Å². The van der Waals surface area contributed by atoms with E-state index in [2.05, 4.69) is 0 Å². The van der Waals surface area contributed by atoms with Crippen LogP contribution in [0.1, 0.15) is 32.6 Å². The van der Waals surface area contributed by atoms with Crippen molar-refractivity contribution in [3.8, 4) is 0 Å². The molecule has 1 aliphatic heterocycles. The molecule has 1 heterocycles. The van der Waals surface area contributed by atoms with Gasteiger partial charge in [-0.3, -0.25) is 4.79 Å². The number of ether oxygens (including phenoxy) is 1. The summed E-state index contributed by atoms with van der Waals surface area (Å²) in [6, 6.07) is 11.1. The van der Waals surface area contributed by atoms with Crippen molar-refractivity contribution in [3.05, 3.63) is 69.2 Å². The molecule has 2 aromatic rings. The predicted octanol–water partition coefficient (Wildman–Crippen LogP) is 3.91. The van der Waals surface area contributed by atoms with Crippen LogP contribution < -0.4 is 0 Å². The molecule has 0 aromatic heterocycles. The van der Waals surface area contributed by atoms with Crippen LogP contribution in [0.4, 0.5) is 0 Å². The van der Waals surface area contributed by atoms with Gasteiger partial charge in [0.2, 0.25) is 0 Å². The van der Waals surface area contributed by atoms with Gasteiger partial charge < -0.3 is 4.74 Å². The van der Waals surface area contributed by atoms with Gasteiger partial charge in [0.15, 0.2) is 5.78 Å². The Hall–Kier alpha value is -1.64. The number of benzene rings is 2. The lowest BCUT2D eigenvalue weighted by atomic mass is 9.97. The van der Waals surface area contributed by atoms with Crippen LogP contribution in [-0.4, -0.2) is 5.78 Å². The molecule has 0 amide bonds. The molecule has 0 bridgehead atoms. The zero-order valence-corrected chi connectivity index (χ0v) is 11.3. The summed E-state index contributed by atoms with van der Waals surface area (Å²) in [7, 11) is 0. The van der Waals surface area contributed by atoms with Crippen LogP contribution in [0.3, 0.4) is 0 Å². The van der Waals surface area contributed by atoms with Crippen molar-refractivity contribution in [1.29, 1.82) is 0 Å². The fraction of sp³-hybridized carbons (Fsp3) is 0.188. The maximum absolute atomic E-state index is 12.5. The highest BCUT2D eigenvalue weighted by atomic mass is 35.5. The first-order valence-corrected chi connectivity index (χ1v) is 6.53. The van der Waals surface area contributed by atoms with Crippen LogP contribution in [-0.2, 0) is 18.0 Å². The van der Waals surface area contributed by atoms with E-state index >= 15 is 0 Å². The second-order valence-corrected chi connectivity index (χ2v) is 5.20. The molecule has 2 nitrogen and oxygen atoms in total. The Bertz CT molecular complexity index is 662. The van der Waals surface area contributed by atoms with Gasteiger partial charge in [-0.25, -0.2) is 0 Å². The van der Waals surface area contributed by atoms with Crippen molar-refractivity contribution in [2.45, 2.75) is 20.1 Å². The van der Waals surface area contributed by atoms with Gasteiger partial charge in [0.05, 0.1) is 13.2 Å². The molecule has 1 aliphatic rings. The summed E-state index contributed by atoms with van der Waals surface area (Å²) in [5, 5.41) is 0.582. The first-order chi connectivity index (χ1) is 9.15. The van der Waals surface area contributed by atoms with E-state index in [-0.39, 0.29) is 5.78 Å². The third kappa shape index (κ3) is 2.29. The lowest BCUT2D eigenvalue weighted by Crippen LogP contribution is -2.04. The quantitative estimate of drug-likeness (QED) is 0.775. The minimum absolute atomic E-state index is 0.00898. The van der Waals surface area contributed by atoms with Crippen molar-refractivity contribution in [2.75, 3.05) is 0 Å². The van der Waals surface area contributed by atoms with Crippen molar-refractivity contribution < 1.29 is 9.53 Å². The van der Waals surface area contributed by atoms with Gasteiger partial charge >= 0.3 is 0 Å². The maximum Gasteiger partial charge on any atom is 0.193 e. The van der Waals surface area contributed by atoms with Gasteiger partial charge in [0.25, 0.3) is 0 Å². The van der Waals surface area contributed by atoms with E-state index in [0.717, 1.165) is 11.1 Å². The summed E-state index contributed by atoms with van der Waals surface area (Å²) in [6.07, 6.45) is 0. The number of ketones is 1. The van der Waals surface area contributed by atoms with Crippen LogP contribution in [0, 0.1) is 6.92 Å². The lowest BCUT2D eigenvalue weighted by molar-refractivity contribution is 0.103. The average Bonchev–Trinajstić information content (AvgIpc) is 2.88. The molecular formula is C16H13ClO2. The largest absolute Gasteiger partial charge is 0.372 e. The summed E-state index contributed by atoms with van der Waals surface area (Å²) in [4.78, 5) is 12.5. The average molecular weight is 273 g/mol. The molecule has 2 aromatic carbocycles. The molecule has 0 radical (unpaired) electrons. The van der Waals surface area contributed by atoms with Gasteiger partial charge in [-0.15, -0.1) is 0 Å². The smallest absolute Gasteiger partial charge is 0.193 e. The molecule has 3 rings (SSSR count). The number of fused-ring (bicyclic) bond motifs is 1. The number of halogens is 1. The van der Waals surface area contributed by atoms with E-state index in [9.17, 15) is 4.79 Å². The second-order valence-electron chi connectivity index (χ2n) is 4.76. The number of carbonyl (C=O) groups is 1. The first-order valence-electron chi connectivity index (χ1n) is 6.15. The zero-order chi connectivity index (χ0) is 13.4. The Morgan fingerprint density at radius 3 is 2.74 bits per heavy atom. The monoisotopic (exact) mass is 272 g/mol. The normalized spacial score (nSPS) is 13.4. The molecule has 0 N–H and O–H groups in total. The van der Waals surface area contributed by atoms with Crippen molar-refractivity contribution in [2.24, 2.45) is 0 Å². The lowest BCUT2D eigenvalue weighted by Gasteiger charge is -2.07. The number of hydrogen-bond acceptors (Lipinski definition) is 2. The topological polar surface area (TPSA) is 26.3 Å². The minimum Gasteiger partial charge on any atom is -0.372 e. The summed E-state index contributed by atoms with van der Waals surface area (Å²) in [5.41, 5.74) is 4.55. The summed E-state index contributed by atoms with van der Waals surface area (Å²) >= 11 is 5.97. The first kappa shape index (κ1) is 12.4. The van der Waals surface area contributed by atoms with Crippen molar-refractivity contribution in [1.82, 2.24) is 0 Å². The summed E-state index contributed by atoms with van der Waals surface area (Å²) in [6.45, 7) is 3.14. The number of hydrogen-bond donors (Lipinski definition) is 0. The van der Waals surface area contributed by atoms with Crippen molar-refractivity contribution in [3.63, 3.8) is 0 Å². The zero-order valence-electron chi connectivity index (χ0n) is 10.6. The third-order valence-electron chi connectivity index (χ3n) is 3.43. The van der Waals surface area contributed by atoms with Gasteiger partial charge in [0, 0.05) is 16.1 Å². The third-order valence-corrected chi connectivity index (χ3v) is 3.66. The summed E-state index contributed by atoms with van der Waals surface area (Å²) in [5.74, 6) is 0.00898. The maximum atomic E-state index is 12.5. The highest BCUT2D eigenvalue weighted by Gasteiger charge is 2.16. The van der Waals surface area contributed by atoms with E-state index in [0.29, 0.717) is 29.4 Å². The Balaban J connectivity index is 2.02. The summed E-state index contributed by atoms with van der Waals surface area (Å²) < 4.78 is 5.37. The molecule has 96 valence electrons. The highest BCUT2D eigenvalue weighted by Crippen LogP contribution is 2.24. The molecule has 0 saturated heterocycles. The molecule has 3 heteroatoms. The SMILES string of the molecule is Cc1ccc(Cl)cc1C(=O)c1ccc2c(c1)COC2. The van der Waals surface area contributed by atoms with Crippen LogP contribution in [0.25, 0.3) is 0 Å². The Kier molecular flexibility index (Phi) is 3.13. The highest BCUT2D eigenvalue weighted by molar-refractivity contribution is 6.31. The molecule has 0 atom stereocenters. The van der Waals surface area contributed by atoms with E-state index in [1.165, 1.54) is 5.56 Å². The fourth-order valence-corrected chi connectivity index (χ4v) is 2.48. The van der Waals surface area contributed by atoms with Crippen LogP contribution in [0.15, 0.2) is 36.4 Å². The standard InChI is InChI=1S/C16H13ClO2/c1-10-2-5-14(17)7-15(10)16(18)11-3-4-12-8-19-9-13(12)6-11/h2-7H,8-9H2,1H3. The Morgan fingerprint density at radius 2 is 1.89 bits per heavy atom. The Labute approximate surface area is 117 Å². The van der Waals surface area contributed by atoms with Crippen LogP contribution in [0.5, 0.6) is 0 Å². The molecule has 0 saturated carbocycles.